The lowest BCUT2D eigenvalue weighted by molar-refractivity contribution is 0.412. The Kier molecular flexibility index (Phi) is 4.74. The van der Waals surface area contributed by atoms with Crippen LogP contribution in [0.1, 0.15) is 61.9 Å². The van der Waals surface area contributed by atoms with Crippen molar-refractivity contribution >= 4 is 17.1 Å². The van der Waals surface area contributed by atoms with Crippen molar-refractivity contribution in [1.82, 2.24) is 14.2 Å². The number of methoxy groups -OCH3 is 1. The third-order valence-corrected chi connectivity index (χ3v) is 6.12. The zero-order valence-corrected chi connectivity index (χ0v) is 17.8. The van der Waals surface area contributed by atoms with Crippen molar-refractivity contribution in [3.05, 3.63) is 50.4 Å². The van der Waals surface area contributed by atoms with Gasteiger partial charge in [-0.1, -0.05) is 25.4 Å². The molecule has 1 aliphatic rings. The van der Waals surface area contributed by atoms with E-state index in [4.69, 9.17) is 21.4 Å². The van der Waals surface area contributed by atoms with E-state index in [0.29, 0.717) is 22.3 Å². The second kappa shape index (κ2) is 6.96. The SMILES string of the molecule is CCC(C)c1cc(C)n2nc(-c3cc(C)c(OC)cc3Cl)n(C3CC3)c(=O)c12. The summed E-state index contributed by atoms with van der Waals surface area (Å²) in [6.45, 7) is 8.27. The van der Waals surface area contributed by atoms with Gasteiger partial charge in [0.2, 0.25) is 0 Å². The summed E-state index contributed by atoms with van der Waals surface area (Å²) in [4.78, 5) is 13.6. The average molecular weight is 400 g/mol. The molecule has 1 aliphatic carbocycles. The van der Waals surface area contributed by atoms with E-state index in [0.717, 1.165) is 47.4 Å². The molecule has 0 aliphatic heterocycles. The molecule has 3 aromatic rings. The number of benzene rings is 1. The van der Waals surface area contributed by atoms with Crippen LogP contribution >= 0.6 is 11.6 Å². The lowest BCUT2D eigenvalue weighted by Crippen LogP contribution is -2.26. The van der Waals surface area contributed by atoms with Crippen molar-refractivity contribution in [2.75, 3.05) is 7.11 Å². The first-order chi connectivity index (χ1) is 13.4. The molecular formula is C22H26ClN3O2. The van der Waals surface area contributed by atoms with Gasteiger partial charge in [-0.15, -0.1) is 5.10 Å². The molecule has 0 spiro atoms. The van der Waals surface area contributed by atoms with Crippen LogP contribution in [0.2, 0.25) is 5.02 Å². The van der Waals surface area contributed by atoms with E-state index in [-0.39, 0.29) is 11.6 Å². The Morgan fingerprint density at radius 3 is 2.61 bits per heavy atom. The predicted octanol–water partition coefficient (Wildman–Crippen LogP) is 5.29. The summed E-state index contributed by atoms with van der Waals surface area (Å²) in [5, 5.41) is 5.45. The first-order valence-corrected chi connectivity index (χ1v) is 10.2. The minimum atomic E-state index is 0.0282. The first-order valence-electron chi connectivity index (χ1n) is 9.86. The van der Waals surface area contributed by atoms with E-state index in [1.165, 1.54) is 0 Å². The Balaban J connectivity index is 2.06. The molecule has 0 saturated heterocycles. The number of halogens is 1. The number of fused-ring (bicyclic) bond motifs is 1. The standard InChI is InChI=1S/C22H26ClN3O2/c1-6-12(2)16-10-14(4)26-20(16)22(27)25(15-7-8-15)21(24-26)17-9-13(3)19(28-5)11-18(17)23/h9-12,15H,6-8H2,1-5H3. The van der Waals surface area contributed by atoms with Crippen LogP contribution in [-0.2, 0) is 0 Å². The van der Waals surface area contributed by atoms with E-state index < -0.39 is 0 Å². The fourth-order valence-electron chi connectivity index (χ4n) is 3.85. The van der Waals surface area contributed by atoms with Crippen LogP contribution in [0.15, 0.2) is 23.0 Å². The molecule has 4 rings (SSSR count). The second-order valence-corrected chi connectivity index (χ2v) is 8.25. The lowest BCUT2D eigenvalue weighted by Gasteiger charge is -2.16. The van der Waals surface area contributed by atoms with E-state index in [2.05, 4.69) is 19.9 Å². The summed E-state index contributed by atoms with van der Waals surface area (Å²) >= 11 is 6.59. The van der Waals surface area contributed by atoms with Gasteiger partial charge in [-0.25, -0.2) is 4.52 Å². The van der Waals surface area contributed by atoms with Crippen LogP contribution in [0.5, 0.6) is 5.75 Å². The van der Waals surface area contributed by atoms with Crippen LogP contribution in [0, 0.1) is 13.8 Å². The Hall–Kier alpha value is -2.27. The average Bonchev–Trinajstić information content (AvgIpc) is 3.45. The molecule has 1 saturated carbocycles. The molecule has 1 atom stereocenters. The molecule has 148 valence electrons. The number of aryl methyl sites for hydroxylation is 2. The minimum absolute atomic E-state index is 0.0282. The van der Waals surface area contributed by atoms with E-state index in [1.54, 1.807) is 17.7 Å². The predicted molar refractivity (Wildman–Crippen MR) is 113 cm³/mol. The molecule has 2 aromatic heterocycles. The van der Waals surface area contributed by atoms with Crippen molar-refractivity contribution in [3.63, 3.8) is 0 Å². The van der Waals surface area contributed by atoms with Gasteiger partial charge >= 0.3 is 0 Å². The summed E-state index contributed by atoms with van der Waals surface area (Å²) in [6, 6.07) is 6.05. The van der Waals surface area contributed by atoms with Crippen molar-refractivity contribution in [1.29, 1.82) is 0 Å². The summed E-state index contributed by atoms with van der Waals surface area (Å²) in [5.41, 5.74) is 4.50. The molecule has 1 fully saturated rings. The van der Waals surface area contributed by atoms with Gasteiger partial charge in [-0.05, 0) is 68.4 Å². The summed E-state index contributed by atoms with van der Waals surface area (Å²) in [5.74, 6) is 1.67. The van der Waals surface area contributed by atoms with Crippen LogP contribution < -0.4 is 10.3 Å². The lowest BCUT2D eigenvalue weighted by atomic mass is 10.00. The number of rotatable bonds is 5. The molecule has 1 unspecified atom stereocenters. The van der Waals surface area contributed by atoms with Gasteiger partial charge in [0.05, 0.1) is 12.1 Å². The largest absolute Gasteiger partial charge is 0.496 e. The van der Waals surface area contributed by atoms with E-state index >= 15 is 0 Å². The zero-order chi connectivity index (χ0) is 20.2. The van der Waals surface area contributed by atoms with Gasteiger partial charge in [-0.2, -0.15) is 0 Å². The molecule has 0 radical (unpaired) electrons. The van der Waals surface area contributed by atoms with Gasteiger partial charge in [0.25, 0.3) is 5.56 Å². The Morgan fingerprint density at radius 1 is 1.29 bits per heavy atom. The molecule has 1 aromatic carbocycles. The highest BCUT2D eigenvalue weighted by Crippen LogP contribution is 2.40. The normalized spacial score (nSPS) is 15.2. The Labute approximate surface area is 169 Å². The Bertz CT molecular complexity index is 1130. The fourth-order valence-corrected chi connectivity index (χ4v) is 4.09. The molecule has 0 N–H and O–H groups in total. The second-order valence-electron chi connectivity index (χ2n) is 7.84. The maximum absolute atomic E-state index is 13.6. The van der Waals surface area contributed by atoms with Gasteiger partial charge in [-0.3, -0.25) is 9.36 Å². The quantitative estimate of drug-likeness (QED) is 0.585. The van der Waals surface area contributed by atoms with E-state index in [1.807, 2.05) is 24.5 Å². The molecule has 2 heterocycles. The fraction of sp³-hybridized carbons (Fsp3) is 0.455. The highest BCUT2D eigenvalue weighted by molar-refractivity contribution is 6.33. The summed E-state index contributed by atoms with van der Waals surface area (Å²) < 4.78 is 9.04. The monoisotopic (exact) mass is 399 g/mol. The summed E-state index contributed by atoms with van der Waals surface area (Å²) in [7, 11) is 1.63. The first kappa shape index (κ1) is 19.1. The van der Waals surface area contributed by atoms with E-state index in [9.17, 15) is 4.79 Å². The van der Waals surface area contributed by atoms with Crippen LogP contribution in [-0.4, -0.2) is 21.3 Å². The van der Waals surface area contributed by atoms with Crippen LogP contribution in [0.25, 0.3) is 16.9 Å². The Morgan fingerprint density at radius 2 is 2.00 bits per heavy atom. The third-order valence-electron chi connectivity index (χ3n) is 5.81. The molecule has 0 amide bonds. The third kappa shape index (κ3) is 2.93. The summed E-state index contributed by atoms with van der Waals surface area (Å²) in [6.07, 6.45) is 2.97. The molecule has 5 nitrogen and oxygen atoms in total. The van der Waals surface area contributed by atoms with Crippen molar-refractivity contribution in [2.24, 2.45) is 0 Å². The van der Waals surface area contributed by atoms with Crippen molar-refractivity contribution < 1.29 is 4.74 Å². The zero-order valence-electron chi connectivity index (χ0n) is 17.0. The van der Waals surface area contributed by atoms with Crippen LogP contribution in [0.3, 0.4) is 0 Å². The van der Waals surface area contributed by atoms with Crippen molar-refractivity contribution in [3.8, 4) is 17.1 Å². The number of hydrogen-bond acceptors (Lipinski definition) is 3. The minimum Gasteiger partial charge on any atom is -0.496 e. The maximum Gasteiger partial charge on any atom is 0.278 e. The molecular weight excluding hydrogens is 374 g/mol. The number of nitrogens with zero attached hydrogens (tertiary/aromatic N) is 3. The van der Waals surface area contributed by atoms with Gasteiger partial charge in [0, 0.05) is 17.3 Å². The number of ether oxygens (including phenoxy) is 1. The molecule has 6 heteroatoms. The number of hydrogen-bond donors (Lipinski definition) is 0. The topological polar surface area (TPSA) is 48.5 Å². The highest BCUT2D eigenvalue weighted by Gasteiger charge is 2.31. The van der Waals surface area contributed by atoms with Gasteiger partial charge < -0.3 is 4.74 Å². The highest BCUT2D eigenvalue weighted by atomic mass is 35.5. The van der Waals surface area contributed by atoms with Gasteiger partial charge in [0.15, 0.2) is 5.82 Å². The van der Waals surface area contributed by atoms with Gasteiger partial charge in [0.1, 0.15) is 11.3 Å². The van der Waals surface area contributed by atoms with Crippen molar-refractivity contribution in [2.45, 2.75) is 58.9 Å². The number of aromatic nitrogens is 3. The molecule has 0 bridgehead atoms. The molecule has 28 heavy (non-hydrogen) atoms. The van der Waals surface area contributed by atoms with Crippen LogP contribution in [0.4, 0.5) is 0 Å². The smallest absolute Gasteiger partial charge is 0.278 e. The maximum atomic E-state index is 13.6.